The number of amides is 3. The van der Waals surface area contributed by atoms with E-state index in [9.17, 15) is 29.1 Å². The van der Waals surface area contributed by atoms with E-state index in [1.165, 1.54) is 21.6 Å². The van der Waals surface area contributed by atoms with Crippen LogP contribution in [0, 0.1) is 0 Å². The van der Waals surface area contributed by atoms with Crippen molar-refractivity contribution in [1.29, 1.82) is 0 Å². The highest BCUT2D eigenvalue weighted by Crippen LogP contribution is 2.40. The number of allylic oxidation sites excluding steroid dienone is 1. The molecule has 0 radical (unpaired) electrons. The SMILES string of the molecule is CC(C)(C)OC(=O)CC[C@H]1NC(=O)C[C@H]2/C=C/CCSSC[C@@H](NC1=O)C(=O)NC1(CC1)C(O)CC(=O)O2. The van der Waals surface area contributed by atoms with E-state index >= 15 is 0 Å². The van der Waals surface area contributed by atoms with Gasteiger partial charge in [-0.3, -0.25) is 24.0 Å². The Morgan fingerprint density at radius 2 is 1.87 bits per heavy atom. The molecule has 3 rings (SSSR count). The van der Waals surface area contributed by atoms with Gasteiger partial charge in [0, 0.05) is 17.9 Å². The lowest BCUT2D eigenvalue weighted by Gasteiger charge is -2.27. The highest BCUT2D eigenvalue weighted by molar-refractivity contribution is 8.76. The topological polar surface area (TPSA) is 160 Å². The molecule has 0 aromatic heterocycles. The summed E-state index contributed by atoms with van der Waals surface area (Å²) in [6.45, 7) is 5.19. The van der Waals surface area contributed by atoms with Crippen molar-refractivity contribution in [2.45, 2.75) is 101 Å². The van der Waals surface area contributed by atoms with Gasteiger partial charge in [0.2, 0.25) is 17.7 Å². The van der Waals surface area contributed by atoms with Crippen LogP contribution in [0.1, 0.15) is 65.7 Å². The van der Waals surface area contributed by atoms with Crippen LogP contribution in [0.4, 0.5) is 0 Å². The van der Waals surface area contributed by atoms with E-state index in [0.717, 1.165) is 0 Å². The van der Waals surface area contributed by atoms with Crippen molar-refractivity contribution in [2.24, 2.45) is 0 Å². The number of fused-ring (bicyclic) bond motifs is 7. The van der Waals surface area contributed by atoms with Crippen LogP contribution in [-0.4, -0.2) is 81.7 Å². The van der Waals surface area contributed by atoms with Gasteiger partial charge in [-0.2, -0.15) is 0 Å². The molecule has 1 spiro atoms. The van der Waals surface area contributed by atoms with Gasteiger partial charge in [-0.25, -0.2) is 0 Å². The first kappa shape index (κ1) is 30.3. The molecular weight excluding hydrogens is 534 g/mol. The maximum absolute atomic E-state index is 13.3. The Labute approximate surface area is 230 Å². The number of carbonyl (C=O) groups excluding carboxylic acids is 5. The van der Waals surface area contributed by atoms with Crippen LogP contribution < -0.4 is 16.0 Å². The molecule has 2 fully saturated rings. The monoisotopic (exact) mass is 571 g/mol. The fourth-order valence-electron chi connectivity index (χ4n) is 4.08. The molecule has 0 aromatic rings. The Hall–Kier alpha value is -2.25. The lowest BCUT2D eigenvalue weighted by molar-refractivity contribution is -0.155. The minimum absolute atomic E-state index is 0.0499. The van der Waals surface area contributed by atoms with Gasteiger partial charge in [0.25, 0.3) is 0 Å². The van der Waals surface area contributed by atoms with Crippen molar-refractivity contribution in [2.75, 3.05) is 11.5 Å². The Balaban J connectivity index is 1.89. The van der Waals surface area contributed by atoms with E-state index in [0.29, 0.717) is 25.0 Å². The van der Waals surface area contributed by atoms with E-state index in [1.54, 1.807) is 26.8 Å². The van der Waals surface area contributed by atoms with Crippen molar-refractivity contribution in [3.8, 4) is 0 Å². The summed E-state index contributed by atoms with van der Waals surface area (Å²) in [5, 5.41) is 18.9. The molecule has 2 bridgehead atoms. The van der Waals surface area contributed by atoms with Gasteiger partial charge in [-0.1, -0.05) is 27.7 Å². The highest BCUT2D eigenvalue weighted by Gasteiger charge is 2.51. The first-order valence-electron chi connectivity index (χ1n) is 12.8. The largest absolute Gasteiger partial charge is 0.460 e. The van der Waals surface area contributed by atoms with E-state index in [1.807, 2.05) is 6.08 Å². The van der Waals surface area contributed by atoms with Gasteiger partial charge in [0.1, 0.15) is 23.8 Å². The quantitative estimate of drug-likeness (QED) is 0.220. The molecular formula is C25H37N3O8S2. The smallest absolute Gasteiger partial charge is 0.309 e. The first-order valence-corrected chi connectivity index (χ1v) is 15.3. The average molecular weight is 572 g/mol. The van der Waals surface area contributed by atoms with Gasteiger partial charge < -0.3 is 30.5 Å². The summed E-state index contributed by atoms with van der Waals surface area (Å²) in [5.74, 6) is -1.94. The summed E-state index contributed by atoms with van der Waals surface area (Å²) in [6.07, 6.45) is 2.20. The summed E-state index contributed by atoms with van der Waals surface area (Å²) in [7, 11) is 2.95. The second-order valence-electron chi connectivity index (χ2n) is 10.7. The van der Waals surface area contributed by atoms with E-state index in [4.69, 9.17) is 9.47 Å². The molecule has 1 unspecified atom stereocenters. The predicted octanol–water partition coefficient (Wildman–Crippen LogP) is 1.13. The Kier molecular flexibility index (Phi) is 10.5. The lowest BCUT2D eigenvalue weighted by Crippen LogP contribution is -2.57. The Morgan fingerprint density at radius 1 is 1.13 bits per heavy atom. The van der Waals surface area contributed by atoms with Crippen LogP contribution in [0.2, 0.25) is 0 Å². The second-order valence-corrected chi connectivity index (χ2v) is 13.4. The zero-order chi connectivity index (χ0) is 27.9. The summed E-state index contributed by atoms with van der Waals surface area (Å²) in [4.78, 5) is 64.4. The maximum atomic E-state index is 13.3. The zero-order valence-corrected chi connectivity index (χ0v) is 23.6. The van der Waals surface area contributed by atoms with Gasteiger partial charge in [-0.15, -0.1) is 0 Å². The predicted molar refractivity (Wildman–Crippen MR) is 143 cm³/mol. The van der Waals surface area contributed by atoms with Crippen LogP contribution in [0.5, 0.6) is 0 Å². The van der Waals surface area contributed by atoms with Crippen molar-refractivity contribution in [3.63, 3.8) is 0 Å². The van der Waals surface area contributed by atoms with Crippen LogP contribution in [-0.2, 0) is 33.4 Å². The van der Waals surface area contributed by atoms with E-state index in [-0.39, 0.29) is 31.4 Å². The number of carbonyl (C=O) groups is 5. The molecule has 4 atom stereocenters. The van der Waals surface area contributed by atoms with Gasteiger partial charge >= 0.3 is 11.9 Å². The fourth-order valence-corrected chi connectivity index (χ4v) is 6.24. The summed E-state index contributed by atoms with van der Waals surface area (Å²) < 4.78 is 10.8. The number of hydrogen-bond acceptors (Lipinski definition) is 10. The number of aliphatic hydroxyl groups is 1. The van der Waals surface area contributed by atoms with Gasteiger partial charge in [-0.05, 0) is 52.5 Å². The van der Waals surface area contributed by atoms with Crippen molar-refractivity contribution >= 4 is 51.2 Å². The van der Waals surface area contributed by atoms with Crippen LogP contribution in [0.3, 0.4) is 0 Å². The van der Waals surface area contributed by atoms with E-state index < -0.39 is 65.1 Å². The Morgan fingerprint density at radius 3 is 2.55 bits per heavy atom. The number of aliphatic hydroxyl groups excluding tert-OH is 1. The molecule has 13 heteroatoms. The number of hydrogen-bond donors (Lipinski definition) is 4. The van der Waals surface area contributed by atoms with Gasteiger partial charge in [0.05, 0.1) is 24.5 Å². The molecule has 2 aliphatic heterocycles. The zero-order valence-electron chi connectivity index (χ0n) is 21.9. The minimum Gasteiger partial charge on any atom is -0.460 e. The van der Waals surface area contributed by atoms with Crippen molar-refractivity contribution in [3.05, 3.63) is 12.2 Å². The third-order valence-electron chi connectivity index (χ3n) is 6.21. The molecule has 1 saturated carbocycles. The molecule has 1 saturated heterocycles. The van der Waals surface area contributed by atoms with Crippen molar-refractivity contribution < 1.29 is 38.6 Å². The third kappa shape index (κ3) is 9.49. The second kappa shape index (κ2) is 13.2. The number of ether oxygens (including phenoxy) is 2. The number of nitrogens with one attached hydrogen (secondary N) is 3. The number of rotatable bonds is 3. The highest BCUT2D eigenvalue weighted by atomic mass is 33.1. The minimum atomic E-state index is -1.17. The lowest BCUT2D eigenvalue weighted by atomic mass is 10.0. The van der Waals surface area contributed by atoms with Crippen LogP contribution >= 0.6 is 21.6 Å². The molecule has 3 amide bonds. The molecule has 11 nitrogen and oxygen atoms in total. The average Bonchev–Trinajstić information content (AvgIpc) is 3.58. The molecule has 0 aromatic carbocycles. The number of esters is 2. The molecule has 212 valence electrons. The Bertz CT molecular complexity index is 947. The standard InChI is InChI=1S/C25H37N3O8S2/c1-24(2,3)36-20(31)8-7-16-22(33)27-17-14-38-37-11-5-4-6-15(12-19(30)26-16)35-21(32)13-18(29)25(9-10-25)28-23(17)34/h4,6,15-18,29H,5,7-14H2,1-3H3,(H,26,30)(H,27,33)(H,28,34)/b6-4+/t15-,16-,17-,18?/m1/s1. The molecule has 38 heavy (non-hydrogen) atoms. The third-order valence-corrected chi connectivity index (χ3v) is 8.65. The summed E-state index contributed by atoms with van der Waals surface area (Å²) >= 11 is 0. The van der Waals surface area contributed by atoms with E-state index in [2.05, 4.69) is 16.0 Å². The fraction of sp³-hybridized carbons (Fsp3) is 0.720. The van der Waals surface area contributed by atoms with Crippen molar-refractivity contribution in [1.82, 2.24) is 16.0 Å². The van der Waals surface area contributed by atoms with Crippen LogP contribution in [0.25, 0.3) is 0 Å². The molecule has 3 aliphatic rings. The normalized spacial score (nSPS) is 29.9. The van der Waals surface area contributed by atoms with Gasteiger partial charge in [0.15, 0.2) is 0 Å². The van der Waals surface area contributed by atoms with Crippen LogP contribution in [0.15, 0.2) is 12.2 Å². The molecule has 1 aliphatic carbocycles. The molecule has 4 N–H and O–H groups in total. The molecule has 2 heterocycles. The first-order chi connectivity index (χ1) is 17.9. The maximum Gasteiger partial charge on any atom is 0.309 e. The summed E-state index contributed by atoms with van der Waals surface area (Å²) in [6, 6.07) is -2.09. The summed E-state index contributed by atoms with van der Waals surface area (Å²) in [5.41, 5.74) is -1.68.